The van der Waals surface area contributed by atoms with Crippen LogP contribution >= 0.6 is 0 Å². The summed E-state index contributed by atoms with van der Waals surface area (Å²) in [6.45, 7) is -0.679. The number of rotatable bonds is 5. The lowest BCUT2D eigenvalue weighted by Gasteiger charge is -2.20. The van der Waals surface area contributed by atoms with Crippen LogP contribution in [0.3, 0.4) is 0 Å². The van der Waals surface area contributed by atoms with E-state index in [2.05, 4.69) is 4.74 Å². The summed E-state index contributed by atoms with van der Waals surface area (Å²) in [6.07, 6.45) is -3.82. The average molecular weight is 376 g/mol. The Labute approximate surface area is 152 Å². The van der Waals surface area contributed by atoms with Crippen molar-refractivity contribution in [1.82, 2.24) is 0 Å². The molecule has 0 saturated carbocycles. The Morgan fingerprint density at radius 1 is 0.926 bits per heavy atom. The summed E-state index contributed by atoms with van der Waals surface area (Å²) < 4.78 is 42.5. The van der Waals surface area contributed by atoms with Crippen LogP contribution in [0.5, 0.6) is 0 Å². The fourth-order valence-corrected chi connectivity index (χ4v) is 2.47. The number of carbonyl (C=O) groups is 3. The molecule has 0 spiro atoms. The second kappa shape index (κ2) is 7.53. The van der Waals surface area contributed by atoms with Crippen molar-refractivity contribution in [2.24, 2.45) is 0 Å². The molecule has 0 radical (unpaired) electrons. The molecular weight excluding hydrogens is 362 g/mol. The van der Waals surface area contributed by atoms with Gasteiger partial charge >= 0.3 is 23.8 Å². The van der Waals surface area contributed by atoms with E-state index in [1.165, 1.54) is 36.4 Å². The van der Waals surface area contributed by atoms with E-state index in [1.807, 2.05) is 0 Å². The van der Waals surface area contributed by atoms with Gasteiger partial charge in [0, 0.05) is 0 Å². The zero-order chi connectivity index (χ0) is 19.4. The first-order chi connectivity index (χ1) is 12.9. The smallest absolute Gasteiger partial charge is 0.382 e. The summed E-state index contributed by atoms with van der Waals surface area (Å²) in [5, 5.41) is 0. The molecule has 0 amide bonds. The summed E-state index contributed by atoms with van der Waals surface area (Å²) in [5.74, 6) is -7.71. The molecule has 0 aliphatic carbocycles. The minimum Gasteiger partial charge on any atom is -0.458 e. The van der Waals surface area contributed by atoms with Crippen molar-refractivity contribution in [3.8, 4) is 0 Å². The fourth-order valence-electron chi connectivity index (χ4n) is 2.47. The highest BCUT2D eigenvalue weighted by molar-refractivity contribution is 5.91. The van der Waals surface area contributed by atoms with E-state index in [9.17, 15) is 23.2 Å². The lowest BCUT2D eigenvalue weighted by molar-refractivity contribution is -0.163. The maximum atomic E-state index is 14.1. The Hall–Kier alpha value is -3.29. The number of esters is 3. The standard InChI is InChI=1S/C19H14F2O6/c20-19(21)15(27-17(23)13-9-5-2-6-10-13)14(26-18(19)24)11-25-16(22)12-7-3-1-4-8-12/h1-10,14-15H,11H2/t14-,15+/m0/s1. The maximum Gasteiger partial charge on any atom is 0.382 e. The van der Waals surface area contributed by atoms with Gasteiger partial charge in [0.15, 0.2) is 6.10 Å². The highest BCUT2D eigenvalue weighted by Crippen LogP contribution is 2.34. The van der Waals surface area contributed by atoms with Crippen molar-refractivity contribution < 1.29 is 37.4 Å². The summed E-state index contributed by atoms with van der Waals surface area (Å²) in [7, 11) is 0. The van der Waals surface area contributed by atoms with Gasteiger partial charge in [-0.05, 0) is 24.3 Å². The lowest BCUT2D eigenvalue weighted by atomic mass is 10.1. The molecule has 1 aliphatic rings. The van der Waals surface area contributed by atoms with Gasteiger partial charge in [-0.2, -0.15) is 8.78 Å². The van der Waals surface area contributed by atoms with Gasteiger partial charge in [0.25, 0.3) is 0 Å². The molecule has 0 bridgehead atoms. The molecule has 1 saturated heterocycles. The van der Waals surface area contributed by atoms with Gasteiger partial charge in [-0.1, -0.05) is 36.4 Å². The van der Waals surface area contributed by atoms with Crippen molar-refractivity contribution in [3.05, 3.63) is 71.8 Å². The Kier molecular flexibility index (Phi) is 5.16. The van der Waals surface area contributed by atoms with Gasteiger partial charge < -0.3 is 14.2 Å². The molecule has 140 valence electrons. The number of carbonyl (C=O) groups excluding carboxylic acids is 3. The molecule has 8 heteroatoms. The molecule has 2 atom stereocenters. The Morgan fingerprint density at radius 2 is 1.44 bits per heavy atom. The zero-order valence-electron chi connectivity index (χ0n) is 13.8. The average Bonchev–Trinajstić information content (AvgIpc) is 2.90. The number of alkyl halides is 2. The number of hydrogen-bond acceptors (Lipinski definition) is 6. The molecule has 6 nitrogen and oxygen atoms in total. The molecule has 1 fully saturated rings. The van der Waals surface area contributed by atoms with E-state index >= 15 is 0 Å². The van der Waals surface area contributed by atoms with Crippen LogP contribution in [0.4, 0.5) is 8.78 Å². The van der Waals surface area contributed by atoms with Crippen LogP contribution < -0.4 is 0 Å². The van der Waals surface area contributed by atoms with Crippen molar-refractivity contribution >= 4 is 17.9 Å². The van der Waals surface area contributed by atoms with Gasteiger partial charge in [-0.25, -0.2) is 14.4 Å². The number of hydrogen-bond donors (Lipinski definition) is 0. The highest BCUT2D eigenvalue weighted by atomic mass is 19.3. The number of halogens is 2. The van der Waals surface area contributed by atoms with Crippen molar-refractivity contribution in [1.29, 1.82) is 0 Å². The van der Waals surface area contributed by atoms with Gasteiger partial charge in [0.05, 0.1) is 11.1 Å². The lowest BCUT2D eigenvalue weighted by Crippen LogP contribution is -2.43. The zero-order valence-corrected chi connectivity index (χ0v) is 13.8. The molecule has 27 heavy (non-hydrogen) atoms. The molecule has 1 aliphatic heterocycles. The summed E-state index contributed by atoms with van der Waals surface area (Å²) in [4.78, 5) is 35.5. The monoisotopic (exact) mass is 376 g/mol. The summed E-state index contributed by atoms with van der Waals surface area (Å²) in [5.41, 5.74) is 0.235. The first-order valence-corrected chi connectivity index (χ1v) is 7.96. The quantitative estimate of drug-likeness (QED) is 0.590. The predicted octanol–water partition coefficient (Wildman–Crippen LogP) is 2.63. The first kappa shape index (κ1) is 18.5. The Morgan fingerprint density at radius 3 is 2.00 bits per heavy atom. The second-order valence-corrected chi connectivity index (χ2v) is 5.72. The minimum atomic E-state index is -4.05. The topological polar surface area (TPSA) is 78.9 Å². The summed E-state index contributed by atoms with van der Waals surface area (Å²) in [6, 6.07) is 15.3. The second-order valence-electron chi connectivity index (χ2n) is 5.72. The number of cyclic esters (lactones) is 1. The molecule has 2 aromatic carbocycles. The van der Waals surface area contributed by atoms with E-state index in [-0.39, 0.29) is 11.1 Å². The van der Waals surface area contributed by atoms with E-state index < -0.39 is 42.6 Å². The van der Waals surface area contributed by atoms with E-state index in [1.54, 1.807) is 24.3 Å². The fraction of sp³-hybridized carbons (Fsp3) is 0.211. The maximum absolute atomic E-state index is 14.1. The molecule has 1 heterocycles. The largest absolute Gasteiger partial charge is 0.458 e. The van der Waals surface area contributed by atoms with Gasteiger partial charge in [0.1, 0.15) is 6.61 Å². The van der Waals surface area contributed by atoms with Crippen LogP contribution in [0.25, 0.3) is 0 Å². The van der Waals surface area contributed by atoms with Crippen LogP contribution in [-0.2, 0) is 19.0 Å². The van der Waals surface area contributed by atoms with Gasteiger partial charge in [0.2, 0.25) is 6.10 Å². The molecule has 2 aromatic rings. The molecule has 0 unspecified atom stereocenters. The SMILES string of the molecule is O=C(OC[C@@H]1OC(=O)C(F)(F)[C@@H]1OC(=O)c1ccccc1)c1ccccc1. The third-order valence-electron chi connectivity index (χ3n) is 3.86. The van der Waals surface area contributed by atoms with Crippen molar-refractivity contribution in [3.63, 3.8) is 0 Å². The summed E-state index contributed by atoms with van der Waals surface area (Å²) >= 11 is 0. The van der Waals surface area contributed by atoms with E-state index in [4.69, 9.17) is 9.47 Å². The van der Waals surface area contributed by atoms with E-state index in [0.717, 1.165) is 0 Å². The van der Waals surface area contributed by atoms with Crippen LogP contribution in [0, 0.1) is 0 Å². The van der Waals surface area contributed by atoms with Crippen LogP contribution in [0.1, 0.15) is 20.7 Å². The van der Waals surface area contributed by atoms with E-state index in [0.29, 0.717) is 0 Å². The third-order valence-corrected chi connectivity index (χ3v) is 3.86. The first-order valence-electron chi connectivity index (χ1n) is 7.96. The molecule has 3 rings (SSSR count). The van der Waals surface area contributed by atoms with Crippen LogP contribution in [0.2, 0.25) is 0 Å². The number of benzene rings is 2. The Balaban J connectivity index is 1.70. The Bertz CT molecular complexity index is 838. The number of ether oxygens (including phenoxy) is 3. The molecule has 0 N–H and O–H groups in total. The van der Waals surface area contributed by atoms with Gasteiger partial charge in [-0.3, -0.25) is 0 Å². The predicted molar refractivity (Wildman–Crippen MR) is 87.2 cm³/mol. The molecular formula is C19H14F2O6. The molecule has 0 aromatic heterocycles. The van der Waals surface area contributed by atoms with Crippen molar-refractivity contribution in [2.45, 2.75) is 18.1 Å². The third kappa shape index (κ3) is 3.94. The highest BCUT2D eigenvalue weighted by Gasteiger charge is 2.63. The normalized spacial score (nSPS) is 20.6. The minimum absolute atomic E-state index is 0.0349. The van der Waals surface area contributed by atoms with Gasteiger partial charge in [-0.15, -0.1) is 0 Å². The van der Waals surface area contributed by atoms with Crippen LogP contribution in [0.15, 0.2) is 60.7 Å². The van der Waals surface area contributed by atoms with Crippen molar-refractivity contribution in [2.75, 3.05) is 6.61 Å². The van der Waals surface area contributed by atoms with Crippen LogP contribution in [-0.4, -0.2) is 42.6 Å².